The molecule has 0 saturated heterocycles. The molecule has 2 heterocycles. The first-order valence-electron chi connectivity index (χ1n) is 4.98. The van der Waals surface area contributed by atoms with E-state index in [-0.39, 0.29) is 11.6 Å². The van der Waals surface area contributed by atoms with Crippen LogP contribution >= 0.6 is 11.3 Å². The molecule has 2 aromatic rings. The summed E-state index contributed by atoms with van der Waals surface area (Å²) >= 11 is 1.46. The maximum absolute atomic E-state index is 10.9. The molecule has 2 rings (SSSR count). The van der Waals surface area contributed by atoms with Gasteiger partial charge in [-0.25, -0.2) is 0 Å². The van der Waals surface area contributed by atoms with Gasteiger partial charge in [0, 0.05) is 17.8 Å². The van der Waals surface area contributed by atoms with Crippen LogP contribution in [0.1, 0.15) is 24.4 Å². The van der Waals surface area contributed by atoms with Gasteiger partial charge in [-0.05, 0) is 12.5 Å². The van der Waals surface area contributed by atoms with Crippen LogP contribution in [-0.2, 0) is 0 Å². The molecular weight excluding hydrogens is 224 g/mol. The lowest BCUT2D eigenvalue weighted by Crippen LogP contribution is -2.07. The van der Waals surface area contributed by atoms with E-state index < -0.39 is 0 Å². The van der Waals surface area contributed by atoms with Crippen LogP contribution in [0.5, 0.6) is 0 Å². The van der Waals surface area contributed by atoms with Crippen LogP contribution in [0.15, 0.2) is 23.1 Å². The van der Waals surface area contributed by atoms with Gasteiger partial charge in [0.05, 0.1) is 6.04 Å². The second-order valence-corrected chi connectivity index (χ2v) is 4.41. The minimum atomic E-state index is -0.126. The predicted molar refractivity (Wildman–Crippen MR) is 63.2 cm³/mol. The van der Waals surface area contributed by atoms with Crippen molar-refractivity contribution >= 4 is 11.3 Å². The number of hydrogen-bond acceptors (Lipinski definition) is 5. The van der Waals surface area contributed by atoms with E-state index in [0.717, 1.165) is 22.0 Å². The minimum Gasteiger partial charge on any atom is -0.328 e. The summed E-state index contributed by atoms with van der Waals surface area (Å²) in [6, 6.07) is 3.13. The summed E-state index contributed by atoms with van der Waals surface area (Å²) in [6.45, 7) is 2.01. The monoisotopic (exact) mass is 236 g/mol. The van der Waals surface area contributed by atoms with E-state index in [9.17, 15) is 4.79 Å². The number of nitrogens with two attached hydrogens (primary N) is 1. The minimum absolute atomic E-state index is 0.0611. The number of pyridine rings is 1. The molecule has 0 amide bonds. The van der Waals surface area contributed by atoms with Gasteiger partial charge >= 0.3 is 0 Å². The maximum atomic E-state index is 10.9. The first-order chi connectivity index (χ1) is 7.70. The molecule has 1 atom stereocenters. The van der Waals surface area contributed by atoms with E-state index in [0.29, 0.717) is 0 Å². The number of aromatic nitrogens is 3. The molecule has 0 aliphatic carbocycles. The molecule has 6 heteroatoms. The SMILES string of the molecule is CCC(N)c1nnc(-c2ccc(=O)[nH]c2)s1. The summed E-state index contributed by atoms with van der Waals surface area (Å²) < 4.78 is 0. The van der Waals surface area contributed by atoms with Gasteiger partial charge in [0.25, 0.3) is 0 Å². The molecule has 1 unspecified atom stereocenters. The van der Waals surface area contributed by atoms with E-state index in [4.69, 9.17) is 5.73 Å². The van der Waals surface area contributed by atoms with Gasteiger partial charge in [0.2, 0.25) is 5.56 Å². The summed E-state index contributed by atoms with van der Waals surface area (Å²) in [5.41, 5.74) is 6.59. The van der Waals surface area contributed by atoms with Crippen LogP contribution < -0.4 is 11.3 Å². The van der Waals surface area contributed by atoms with Gasteiger partial charge < -0.3 is 10.7 Å². The Morgan fingerprint density at radius 3 is 2.94 bits per heavy atom. The van der Waals surface area contributed by atoms with Gasteiger partial charge in [-0.2, -0.15) is 0 Å². The zero-order valence-corrected chi connectivity index (χ0v) is 9.62. The highest BCUT2D eigenvalue weighted by atomic mass is 32.1. The quantitative estimate of drug-likeness (QED) is 0.841. The Kier molecular flexibility index (Phi) is 3.12. The Bertz CT molecular complexity index is 513. The summed E-state index contributed by atoms with van der Waals surface area (Å²) in [5.74, 6) is 0. The lowest BCUT2D eigenvalue weighted by Gasteiger charge is -2.00. The third-order valence-electron chi connectivity index (χ3n) is 2.23. The van der Waals surface area contributed by atoms with Crippen molar-refractivity contribution in [3.63, 3.8) is 0 Å². The molecule has 0 radical (unpaired) electrons. The van der Waals surface area contributed by atoms with Crippen LogP contribution in [0.4, 0.5) is 0 Å². The van der Waals surface area contributed by atoms with E-state index >= 15 is 0 Å². The number of aromatic amines is 1. The predicted octanol–water partition coefficient (Wildman–Crippen LogP) is 1.30. The summed E-state index contributed by atoms with van der Waals surface area (Å²) in [7, 11) is 0. The van der Waals surface area contributed by atoms with Gasteiger partial charge in [0.1, 0.15) is 10.0 Å². The molecule has 0 aromatic carbocycles. The van der Waals surface area contributed by atoms with Gasteiger partial charge in [-0.1, -0.05) is 18.3 Å². The molecule has 0 aliphatic rings. The Morgan fingerprint density at radius 1 is 1.50 bits per heavy atom. The van der Waals surface area contributed by atoms with Crippen LogP contribution in [0.25, 0.3) is 10.6 Å². The fourth-order valence-corrected chi connectivity index (χ4v) is 2.14. The van der Waals surface area contributed by atoms with Crippen molar-refractivity contribution in [1.29, 1.82) is 0 Å². The van der Waals surface area contributed by atoms with Gasteiger partial charge in [-0.15, -0.1) is 10.2 Å². The fourth-order valence-electron chi connectivity index (χ4n) is 1.22. The fraction of sp³-hybridized carbons (Fsp3) is 0.300. The summed E-state index contributed by atoms with van der Waals surface area (Å²) in [5, 5.41) is 9.69. The van der Waals surface area contributed by atoms with E-state index in [1.54, 1.807) is 12.3 Å². The van der Waals surface area contributed by atoms with Crippen LogP contribution in [0.2, 0.25) is 0 Å². The Balaban J connectivity index is 2.31. The first kappa shape index (κ1) is 11.0. The molecule has 0 spiro atoms. The summed E-state index contributed by atoms with van der Waals surface area (Å²) in [4.78, 5) is 13.5. The maximum Gasteiger partial charge on any atom is 0.247 e. The average molecular weight is 236 g/mol. The highest BCUT2D eigenvalue weighted by Gasteiger charge is 2.11. The molecule has 0 fully saturated rings. The Hall–Kier alpha value is -1.53. The van der Waals surface area contributed by atoms with Crippen LogP contribution in [-0.4, -0.2) is 15.2 Å². The zero-order chi connectivity index (χ0) is 11.5. The van der Waals surface area contributed by atoms with Crippen molar-refractivity contribution in [1.82, 2.24) is 15.2 Å². The van der Waals surface area contributed by atoms with E-state index in [1.165, 1.54) is 17.4 Å². The van der Waals surface area contributed by atoms with Crippen molar-refractivity contribution in [3.8, 4) is 10.6 Å². The second-order valence-electron chi connectivity index (χ2n) is 3.40. The average Bonchev–Trinajstić information content (AvgIpc) is 2.78. The lowest BCUT2D eigenvalue weighted by atomic mass is 10.3. The lowest BCUT2D eigenvalue weighted by molar-refractivity contribution is 0.683. The largest absolute Gasteiger partial charge is 0.328 e. The summed E-state index contributed by atoms with van der Waals surface area (Å²) in [6.07, 6.45) is 2.46. The number of H-pyrrole nitrogens is 1. The van der Waals surface area contributed by atoms with Crippen molar-refractivity contribution < 1.29 is 0 Å². The van der Waals surface area contributed by atoms with Crippen LogP contribution in [0.3, 0.4) is 0 Å². The van der Waals surface area contributed by atoms with Crippen molar-refractivity contribution in [2.75, 3.05) is 0 Å². The van der Waals surface area contributed by atoms with Crippen LogP contribution in [0, 0.1) is 0 Å². The van der Waals surface area contributed by atoms with Gasteiger partial charge in [0.15, 0.2) is 0 Å². The van der Waals surface area contributed by atoms with Gasteiger partial charge in [-0.3, -0.25) is 4.79 Å². The van der Waals surface area contributed by atoms with Crippen molar-refractivity contribution in [2.24, 2.45) is 5.73 Å². The standard InChI is InChI=1S/C10H12N4OS/c1-2-7(11)10-14-13-9(16-10)6-3-4-8(15)12-5-6/h3-5,7H,2,11H2,1H3,(H,12,15). The zero-order valence-electron chi connectivity index (χ0n) is 8.80. The Morgan fingerprint density at radius 2 is 2.31 bits per heavy atom. The molecule has 2 aromatic heterocycles. The molecule has 16 heavy (non-hydrogen) atoms. The molecular formula is C10H12N4OS. The number of hydrogen-bond donors (Lipinski definition) is 2. The van der Waals surface area contributed by atoms with Crippen molar-refractivity contribution in [3.05, 3.63) is 33.7 Å². The first-order valence-corrected chi connectivity index (χ1v) is 5.80. The molecule has 0 saturated carbocycles. The highest BCUT2D eigenvalue weighted by molar-refractivity contribution is 7.14. The Labute approximate surface area is 96.4 Å². The van der Waals surface area contributed by atoms with E-state index in [2.05, 4.69) is 15.2 Å². The normalized spacial score (nSPS) is 12.6. The number of rotatable bonds is 3. The number of nitrogens with zero attached hydrogens (tertiary/aromatic N) is 2. The molecule has 0 bridgehead atoms. The molecule has 84 valence electrons. The topological polar surface area (TPSA) is 84.7 Å². The highest BCUT2D eigenvalue weighted by Crippen LogP contribution is 2.25. The molecule has 5 nitrogen and oxygen atoms in total. The third kappa shape index (κ3) is 2.17. The molecule has 0 aliphatic heterocycles. The smallest absolute Gasteiger partial charge is 0.247 e. The van der Waals surface area contributed by atoms with E-state index in [1.807, 2.05) is 6.92 Å². The third-order valence-corrected chi connectivity index (χ3v) is 3.33. The number of nitrogens with one attached hydrogen (secondary N) is 1. The molecule has 3 N–H and O–H groups in total. The second kappa shape index (κ2) is 4.54. The van der Waals surface area contributed by atoms with Crippen molar-refractivity contribution in [2.45, 2.75) is 19.4 Å².